The van der Waals surface area contributed by atoms with Gasteiger partial charge in [0, 0.05) is 13.1 Å². The number of nitrogens with zero attached hydrogens (tertiary/aromatic N) is 4. The summed E-state index contributed by atoms with van der Waals surface area (Å²) in [6, 6.07) is 0.509. The van der Waals surface area contributed by atoms with E-state index in [2.05, 4.69) is 30.4 Å². The molecule has 0 aliphatic heterocycles. The average molecular weight is 309 g/mol. The summed E-state index contributed by atoms with van der Waals surface area (Å²) in [5.41, 5.74) is 3.27. The standard InChI is InChI=1S/C16H25ClN4/c1-5-13-15-16(20(4)19-13)21(14(9-17)18-15)12-7-6-10(2)11(3)8-12/h10-12H,5-9H2,1-4H3. The lowest BCUT2D eigenvalue weighted by molar-refractivity contribution is 0.210. The first-order chi connectivity index (χ1) is 10.1. The van der Waals surface area contributed by atoms with Crippen LogP contribution in [0.5, 0.6) is 0 Å². The molecule has 0 spiro atoms. The molecule has 0 amide bonds. The maximum absolute atomic E-state index is 6.18. The molecule has 2 aromatic heterocycles. The van der Waals surface area contributed by atoms with Crippen LogP contribution in [0.2, 0.25) is 0 Å². The van der Waals surface area contributed by atoms with Gasteiger partial charge in [-0.1, -0.05) is 20.8 Å². The molecule has 4 nitrogen and oxygen atoms in total. The van der Waals surface area contributed by atoms with Crippen molar-refractivity contribution < 1.29 is 0 Å². The van der Waals surface area contributed by atoms with Crippen LogP contribution >= 0.6 is 11.6 Å². The molecule has 1 saturated carbocycles. The second-order valence-corrected chi connectivity index (χ2v) is 6.82. The van der Waals surface area contributed by atoms with Crippen molar-refractivity contribution in [1.82, 2.24) is 19.3 Å². The Hall–Kier alpha value is -1.03. The molecule has 1 aliphatic carbocycles. The van der Waals surface area contributed by atoms with Gasteiger partial charge in [0.1, 0.15) is 11.3 Å². The molecule has 3 atom stereocenters. The Bertz CT molecular complexity index is 642. The fraction of sp³-hybridized carbons (Fsp3) is 0.750. The van der Waals surface area contributed by atoms with Crippen molar-refractivity contribution in [3.05, 3.63) is 11.5 Å². The summed E-state index contributed by atoms with van der Waals surface area (Å²) < 4.78 is 4.36. The van der Waals surface area contributed by atoms with E-state index in [1.807, 2.05) is 11.7 Å². The second kappa shape index (κ2) is 5.64. The van der Waals surface area contributed by atoms with Crippen molar-refractivity contribution in [3.63, 3.8) is 0 Å². The van der Waals surface area contributed by atoms with Crippen LogP contribution < -0.4 is 0 Å². The molecule has 3 rings (SSSR count). The van der Waals surface area contributed by atoms with Gasteiger partial charge in [0.05, 0.1) is 11.6 Å². The normalized spacial score (nSPS) is 26.6. The summed E-state index contributed by atoms with van der Waals surface area (Å²) in [6.07, 6.45) is 4.62. The lowest BCUT2D eigenvalue weighted by Gasteiger charge is -2.33. The smallest absolute Gasteiger partial charge is 0.158 e. The van der Waals surface area contributed by atoms with E-state index in [0.717, 1.165) is 40.9 Å². The Balaban J connectivity index is 2.10. The highest BCUT2D eigenvalue weighted by molar-refractivity contribution is 6.16. The number of halogens is 1. The average Bonchev–Trinajstić information content (AvgIpc) is 2.99. The van der Waals surface area contributed by atoms with E-state index in [1.54, 1.807) is 0 Å². The van der Waals surface area contributed by atoms with Gasteiger partial charge in [-0.3, -0.25) is 4.68 Å². The fourth-order valence-electron chi connectivity index (χ4n) is 3.72. The van der Waals surface area contributed by atoms with Crippen LogP contribution in [-0.4, -0.2) is 19.3 Å². The first kappa shape index (κ1) is 14.9. The molecule has 0 bridgehead atoms. The van der Waals surface area contributed by atoms with Crippen molar-refractivity contribution in [1.29, 1.82) is 0 Å². The number of aryl methyl sites for hydroxylation is 2. The van der Waals surface area contributed by atoms with Crippen LogP contribution in [-0.2, 0) is 19.3 Å². The zero-order valence-electron chi connectivity index (χ0n) is 13.4. The van der Waals surface area contributed by atoms with E-state index in [-0.39, 0.29) is 0 Å². The zero-order valence-corrected chi connectivity index (χ0v) is 14.2. The van der Waals surface area contributed by atoms with Gasteiger partial charge in [0.25, 0.3) is 0 Å². The SMILES string of the molecule is CCc1nn(C)c2c1nc(CCl)n2C1CCC(C)C(C)C1. The third kappa shape index (κ3) is 2.37. The molecule has 0 saturated heterocycles. The molecule has 0 N–H and O–H groups in total. The summed E-state index contributed by atoms with van der Waals surface area (Å²) >= 11 is 6.18. The van der Waals surface area contributed by atoms with Gasteiger partial charge in [-0.15, -0.1) is 11.6 Å². The molecule has 21 heavy (non-hydrogen) atoms. The first-order valence-corrected chi connectivity index (χ1v) is 8.58. The summed E-state index contributed by atoms with van der Waals surface area (Å²) in [5, 5.41) is 4.62. The van der Waals surface area contributed by atoms with Crippen LogP contribution in [0, 0.1) is 11.8 Å². The number of hydrogen-bond donors (Lipinski definition) is 0. The van der Waals surface area contributed by atoms with Crippen molar-refractivity contribution in [2.24, 2.45) is 18.9 Å². The van der Waals surface area contributed by atoms with Crippen LogP contribution in [0.3, 0.4) is 0 Å². The number of alkyl halides is 1. The Kier molecular flexibility index (Phi) is 4.00. The Morgan fingerprint density at radius 2 is 2.00 bits per heavy atom. The quantitative estimate of drug-likeness (QED) is 0.801. The highest BCUT2D eigenvalue weighted by Crippen LogP contribution is 2.39. The highest BCUT2D eigenvalue weighted by Gasteiger charge is 2.29. The minimum absolute atomic E-state index is 0.471. The van der Waals surface area contributed by atoms with Gasteiger partial charge >= 0.3 is 0 Å². The topological polar surface area (TPSA) is 35.6 Å². The van der Waals surface area contributed by atoms with Crippen LogP contribution in [0.15, 0.2) is 0 Å². The number of hydrogen-bond acceptors (Lipinski definition) is 2. The zero-order chi connectivity index (χ0) is 15.1. The second-order valence-electron chi connectivity index (χ2n) is 6.55. The van der Waals surface area contributed by atoms with Crippen LogP contribution in [0.1, 0.15) is 57.6 Å². The Morgan fingerprint density at radius 1 is 1.24 bits per heavy atom. The maximum Gasteiger partial charge on any atom is 0.158 e. The summed E-state index contributed by atoms with van der Waals surface area (Å²) in [6.45, 7) is 6.86. The lowest BCUT2D eigenvalue weighted by Crippen LogP contribution is -2.25. The van der Waals surface area contributed by atoms with Crippen molar-refractivity contribution in [3.8, 4) is 0 Å². The molecule has 5 heteroatoms. The van der Waals surface area contributed by atoms with E-state index >= 15 is 0 Å². The summed E-state index contributed by atoms with van der Waals surface area (Å²) in [7, 11) is 2.02. The molecule has 1 fully saturated rings. The Morgan fingerprint density at radius 3 is 2.62 bits per heavy atom. The van der Waals surface area contributed by atoms with Crippen molar-refractivity contribution in [2.45, 2.75) is 58.4 Å². The Labute approximate surface area is 131 Å². The monoisotopic (exact) mass is 308 g/mol. The molecule has 2 aromatic rings. The molecule has 116 valence electrons. The minimum Gasteiger partial charge on any atom is -0.309 e. The third-order valence-corrected chi connectivity index (χ3v) is 5.44. The maximum atomic E-state index is 6.18. The predicted octanol–water partition coefficient (Wildman–Crippen LogP) is 4.07. The van der Waals surface area contributed by atoms with Gasteiger partial charge < -0.3 is 4.57 Å². The number of rotatable bonds is 3. The largest absolute Gasteiger partial charge is 0.309 e. The van der Waals surface area contributed by atoms with E-state index in [0.29, 0.717) is 11.9 Å². The molecule has 0 aromatic carbocycles. The van der Waals surface area contributed by atoms with Crippen LogP contribution in [0.25, 0.3) is 11.2 Å². The highest BCUT2D eigenvalue weighted by atomic mass is 35.5. The van der Waals surface area contributed by atoms with E-state index in [1.165, 1.54) is 19.3 Å². The molecular weight excluding hydrogens is 284 g/mol. The number of aromatic nitrogens is 4. The van der Waals surface area contributed by atoms with E-state index in [4.69, 9.17) is 16.6 Å². The van der Waals surface area contributed by atoms with Crippen molar-refractivity contribution >= 4 is 22.8 Å². The van der Waals surface area contributed by atoms with Crippen LogP contribution in [0.4, 0.5) is 0 Å². The third-order valence-electron chi connectivity index (χ3n) is 5.20. The minimum atomic E-state index is 0.471. The lowest BCUT2D eigenvalue weighted by atomic mass is 9.79. The predicted molar refractivity (Wildman–Crippen MR) is 86.7 cm³/mol. The number of fused-ring (bicyclic) bond motifs is 1. The van der Waals surface area contributed by atoms with Crippen molar-refractivity contribution in [2.75, 3.05) is 0 Å². The molecule has 3 unspecified atom stereocenters. The fourth-order valence-corrected chi connectivity index (χ4v) is 3.91. The number of imidazole rings is 1. The summed E-state index contributed by atoms with van der Waals surface area (Å²) in [4.78, 5) is 4.79. The van der Waals surface area contributed by atoms with Gasteiger partial charge in [0.15, 0.2) is 5.65 Å². The van der Waals surface area contributed by atoms with Gasteiger partial charge in [-0.05, 0) is 37.5 Å². The van der Waals surface area contributed by atoms with Gasteiger partial charge in [0.2, 0.25) is 0 Å². The molecule has 2 heterocycles. The molecule has 1 aliphatic rings. The van der Waals surface area contributed by atoms with Gasteiger partial charge in [-0.25, -0.2) is 4.98 Å². The summed E-state index contributed by atoms with van der Waals surface area (Å²) in [5.74, 6) is 3.04. The van der Waals surface area contributed by atoms with E-state index < -0.39 is 0 Å². The van der Waals surface area contributed by atoms with Gasteiger partial charge in [-0.2, -0.15) is 5.10 Å². The first-order valence-electron chi connectivity index (χ1n) is 8.05. The molecule has 0 radical (unpaired) electrons. The molecular formula is C16H25ClN4. The van der Waals surface area contributed by atoms with E-state index in [9.17, 15) is 0 Å².